The Hall–Kier alpha value is -1.57. The molecule has 0 spiro atoms. The van der Waals surface area contributed by atoms with Crippen molar-refractivity contribution in [2.75, 3.05) is 0 Å². The van der Waals surface area contributed by atoms with E-state index in [2.05, 4.69) is 30.7 Å². The first-order chi connectivity index (χ1) is 10.4. The molecule has 1 saturated carbocycles. The monoisotopic (exact) mass is 375 g/mol. The van der Waals surface area contributed by atoms with E-state index in [1.807, 2.05) is 0 Å². The van der Waals surface area contributed by atoms with Gasteiger partial charge < -0.3 is 4.74 Å². The zero-order chi connectivity index (χ0) is 15.7. The number of alkyl halides is 3. The summed E-state index contributed by atoms with van der Waals surface area (Å²) >= 11 is 3.25. The van der Waals surface area contributed by atoms with Crippen molar-refractivity contribution in [2.24, 2.45) is 5.92 Å². The van der Waals surface area contributed by atoms with Gasteiger partial charge in [0.25, 0.3) is 0 Å². The van der Waals surface area contributed by atoms with Gasteiger partial charge in [0, 0.05) is 6.42 Å². The Morgan fingerprint density at radius 1 is 1.23 bits per heavy atom. The fourth-order valence-corrected chi connectivity index (χ4v) is 2.76. The van der Waals surface area contributed by atoms with E-state index in [9.17, 15) is 13.2 Å². The summed E-state index contributed by atoms with van der Waals surface area (Å²) in [6.45, 7) is 0. The van der Waals surface area contributed by atoms with Crippen molar-refractivity contribution in [3.8, 4) is 11.4 Å². The molecule has 0 atom stereocenters. The van der Waals surface area contributed by atoms with Crippen molar-refractivity contribution >= 4 is 15.9 Å². The van der Waals surface area contributed by atoms with E-state index < -0.39 is 6.36 Å². The van der Waals surface area contributed by atoms with E-state index in [4.69, 9.17) is 0 Å². The zero-order valence-electron chi connectivity index (χ0n) is 11.5. The van der Waals surface area contributed by atoms with Crippen molar-refractivity contribution < 1.29 is 17.9 Å². The van der Waals surface area contributed by atoms with Gasteiger partial charge in [0.1, 0.15) is 11.6 Å². The first kappa shape index (κ1) is 15.3. The summed E-state index contributed by atoms with van der Waals surface area (Å²) in [5.41, 5.74) is 0.655. The zero-order valence-corrected chi connectivity index (χ0v) is 13.1. The standard InChI is InChI=1S/C14H13BrF3N3O/c15-13-19-12(8-9-2-1-3-9)21(20-13)10-4-6-11(7-5-10)22-14(16,17)18/h4-7,9H,1-3,8H2. The van der Waals surface area contributed by atoms with Crippen molar-refractivity contribution in [1.29, 1.82) is 0 Å². The van der Waals surface area contributed by atoms with E-state index in [-0.39, 0.29) is 5.75 Å². The van der Waals surface area contributed by atoms with Gasteiger partial charge in [-0.25, -0.2) is 9.67 Å². The second-order valence-corrected chi connectivity index (χ2v) is 5.96. The van der Waals surface area contributed by atoms with E-state index in [1.165, 1.54) is 43.5 Å². The second kappa shape index (κ2) is 5.91. The van der Waals surface area contributed by atoms with E-state index in [0.29, 0.717) is 16.3 Å². The van der Waals surface area contributed by atoms with Gasteiger partial charge in [0.2, 0.25) is 4.73 Å². The largest absolute Gasteiger partial charge is 0.573 e. The maximum Gasteiger partial charge on any atom is 0.573 e. The third-order valence-electron chi connectivity index (χ3n) is 3.66. The molecule has 1 aliphatic carbocycles. The molecule has 2 aromatic rings. The van der Waals surface area contributed by atoms with Crippen LogP contribution in [0.15, 0.2) is 29.0 Å². The molecule has 0 N–H and O–H groups in total. The number of aromatic nitrogens is 3. The minimum Gasteiger partial charge on any atom is -0.406 e. The van der Waals surface area contributed by atoms with Crippen LogP contribution in [0.3, 0.4) is 0 Å². The Morgan fingerprint density at radius 3 is 2.45 bits per heavy atom. The lowest BCUT2D eigenvalue weighted by Gasteiger charge is -2.24. The number of halogens is 4. The minimum atomic E-state index is -4.69. The number of hydrogen-bond acceptors (Lipinski definition) is 3. The molecule has 0 saturated heterocycles. The van der Waals surface area contributed by atoms with Crippen LogP contribution in [-0.4, -0.2) is 21.1 Å². The second-order valence-electron chi connectivity index (χ2n) is 5.25. The molecule has 8 heteroatoms. The van der Waals surface area contributed by atoms with Gasteiger partial charge in [-0.3, -0.25) is 0 Å². The quantitative estimate of drug-likeness (QED) is 0.800. The molecule has 1 aliphatic rings. The Bertz CT molecular complexity index is 650. The molecule has 4 nitrogen and oxygen atoms in total. The molecule has 0 unspecified atom stereocenters. The first-order valence-corrected chi connectivity index (χ1v) is 7.67. The summed E-state index contributed by atoms with van der Waals surface area (Å²) in [6, 6.07) is 5.61. The van der Waals surface area contributed by atoms with Gasteiger partial charge in [0.15, 0.2) is 0 Å². The molecular weight excluding hydrogens is 363 g/mol. The van der Waals surface area contributed by atoms with Gasteiger partial charge in [0.05, 0.1) is 5.69 Å². The van der Waals surface area contributed by atoms with Crippen molar-refractivity contribution in [3.05, 3.63) is 34.8 Å². The van der Waals surface area contributed by atoms with Crippen LogP contribution in [0.5, 0.6) is 5.75 Å². The fourth-order valence-electron chi connectivity index (χ4n) is 2.40. The highest BCUT2D eigenvalue weighted by atomic mass is 79.9. The highest BCUT2D eigenvalue weighted by Crippen LogP contribution is 2.30. The summed E-state index contributed by atoms with van der Waals surface area (Å²) in [5, 5.41) is 4.26. The smallest absolute Gasteiger partial charge is 0.406 e. The van der Waals surface area contributed by atoms with Gasteiger partial charge in [-0.05, 0) is 46.1 Å². The van der Waals surface area contributed by atoms with Crippen LogP contribution in [0.25, 0.3) is 5.69 Å². The summed E-state index contributed by atoms with van der Waals surface area (Å²) in [5.74, 6) is 1.17. The third-order valence-corrected chi connectivity index (χ3v) is 4.00. The Balaban J connectivity index is 1.81. The van der Waals surface area contributed by atoms with E-state index in [0.717, 1.165) is 12.2 Å². The lowest BCUT2D eigenvalue weighted by Crippen LogP contribution is -2.17. The topological polar surface area (TPSA) is 39.9 Å². The van der Waals surface area contributed by atoms with Crippen LogP contribution in [-0.2, 0) is 6.42 Å². The van der Waals surface area contributed by atoms with Crippen LogP contribution >= 0.6 is 15.9 Å². The van der Waals surface area contributed by atoms with Crippen molar-refractivity contribution in [1.82, 2.24) is 14.8 Å². The minimum absolute atomic E-state index is 0.254. The number of nitrogens with zero attached hydrogens (tertiary/aromatic N) is 3. The normalized spacial score (nSPS) is 15.6. The number of ether oxygens (including phenoxy) is 1. The molecule has 1 aromatic heterocycles. The molecule has 3 rings (SSSR count). The first-order valence-electron chi connectivity index (χ1n) is 6.88. The highest BCUT2D eigenvalue weighted by molar-refractivity contribution is 9.10. The molecule has 0 radical (unpaired) electrons. The molecule has 1 heterocycles. The highest BCUT2D eigenvalue weighted by Gasteiger charge is 2.31. The summed E-state index contributed by atoms with van der Waals surface area (Å²) in [6.07, 6.45) is -0.262. The van der Waals surface area contributed by atoms with Crippen LogP contribution in [0.4, 0.5) is 13.2 Å². The number of hydrogen-bond donors (Lipinski definition) is 0. The maximum absolute atomic E-state index is 12.2. The number of rotatable bonds is 4. The molecule has 0 aliphatic heterocycles. The average Bonchev–Trinajstić information content (AvgIpc) is 2.74. The molecule has 0 amide bonds. The van der Waals surface area contributed by atoms with Crippen LogP contribution < -0.4 is 4.74 Å². The predicted molar refractivity (Wildman–Crippen MR) is 76.8 cm³/mol. The van der Waals surface area contributed by atoms with E-state index in [1.54, 1.807) is 4.68 Å². The molecule has 22 heavy (non-hydrogen) atoms. The Labute approximate surface area is 133 Å². The predicted octanol–water partition coefficient (Wildman–Crippen LogP) is 4.27. The van der Waals surface area contributed by atoms with Gasteiger partial charge >= 0.3 is 6.36 Å². The summed E-state index contributed by atoms with van der Waals surface area (Å²) in [7, 11) is 0. The van der Waals surface area contributed by atoms with Crippen LogP contribution in [0.2, 0.25) is 0 Å². The summed E-state index contributed by atoms with van der Waals surface area (Å²) < 4.78 is 42.5. The molecule has 0 bridgehead atoms. The van der Waals surface area contributed by atoms with E-state index >= 15 is 0 Å². The van der Waals surface area contributed by atoms with Gasteiger partial charge in [-0.15, -0.1) is 18.3 Å². The molecular formula is C14H13BrF3N3O. The lowest BCUT2D eigenvalue weighted by molar-refractivity contribution is -0.274. The fraction of sp³-hybridized carbons (Fsp3) is 0.429. The third kappa shape index (κ3) is 3.60. The van der Waals surface area contributed by atoms with Crippen molar-refractivity contribution in [2.45, 2.75) is 32.0 Å². The molecule has 1 fully saturated rings. The molecule has 118 valence electrons. The SMILES string of the molecule is FC(F)(F)Oc1ccc(-n2nc(Br)nc2CC2CCC2)cc1. The number of benzene rings is 1. The Morgan fingerprint density at radius 2 is 1.91 bits per heavy atom. The summed E-state index contributed by atoms with van der Waals surface area (Å²) in [4.78, 5) is 4.35. The van der Waals surface area contributed by atoms with Crippen LogP contribution in [0, 0.1) is 5.92 Å². The lowest BCUT2D eigenvalue weighted by atomic mass is 9.83. The van der Waals surface area contributed by atoms with Gasteiger partial charge in [-0.1, -0.05) is 19.3 Å². The van der Waals surface area contributed by atoms with Crippen molar-refractivity contribution in [3.63, 3.8) is 0 Å². The van der Waals surface area contributed by atoms with Gasteiger partial charge in [-0.2, -0.15) is 0 Å². The average molecular weight is 376 g/mol. The Kier molecular flexibility index (Phi) is 4.12. The maximum atomic E-state index is 12.2. The molecule has 1 aromatic carbocycles. The van der Waals surface area contributed by atoms with Crippen LogP contribution in [0.1, 0.15) is 25.1 Å².